The van der Waals surface area contributed by atoms with E-state index in [9.17, 15) is 4.79 Å². The van der Waals surface area contributed by atoms with Gasteiger partial charge in [-0.3, -0.25) is 9.69 Å². The Balaban J connectivity index is 2.08. The molecule has 1 aromatic heterocycles. The quantitative estimate of drug-likeness (QED) is 0.850. The van der Waals surface area contributed by atoms with E-state index in [0.29, 0.717) is 12.1 Å². The van der Waals surface area contributed by atoms with Crippen LogP contribution in [0.2, 0.25) is 0 Å². The van der Waals surface area contributed by atoms with Crippen LogP contribution in [0, 0.1) is 0 Å². The van der Waals surface area contributed by atoms with Crippen molar-refractivity contribution < 1.29 is 9.21 Å². The number of furan rings is 1. The monoisotopic (exact) mass is 286 g/mol. The number of nitrogens with zero attached hydrogens (tertiary/aromatic N) is 1. The summed E-state index contributed by atoms with van der Waals surface area (Å²) in [7, 11) is 0. The Labute approximate surface area is 125 Å². The molecule has 1 aromatic carbocycles. The van der Waals surface area contributed by atoms with Crippen molar-refractivity contribution >= 4 is 5.91 Å². The summed E-state index contributed by atoms with van der Waals surface area (Å²) in [6.45, 7) is 6.74. The molecule has 0 saturated carbocycles. The molecule has 2 rings (SSSR count). The molecular formula is C17H22N2O2. The molecule has 1 N–H and O–H groups in total. The topological polar surface area (TPSA) is 45.5 Å². The number of carbonyl (C=O) groups excluding carboxylic acids is 1. The molecule has 0 aliphatic heterocycles. The third-order valence-corrected chi connectivity index (χ3v) is 3.68. The number of carbonyl (C=O) groups is 1. The molecule has 4 nitrogen and oxygen atoms in total. The van der Waals surface area contributed by atoms with Gasteiger partial charge in [0.05, 0.1) is 17.9 Å². The Morgan fingerprint density at radius 2 is 1.90 bits per heavy atom. The second kappa shape index (κ2) is 7.64. The van der Waals surface area contributed by atoms with Crippen LogP contribution >= 0.6 is 0 Å². The van der Waals surface area contributed by atoms with Gasteiger partial charge in [-0.1, -0.05) is 44.2 Å². The van der Waals surface area contributed by atoms with Crippen LogP contribution in [0.25, 0.3) is 0 Å². The van der Waals surface area contributed by atoms with Crippen molar-refractivity contribution in [3.63, 3.8) is 0 Å². The van der Waals surface area contributed by atoms with Crippen molar-refractivity contribution in [3.8, 4) is 0 Å². The largest absolute Gasteiger partial charge is 0.472 e. The van der Waals surface area contributed by atoms with Gasteiger partial charge in [0.25, 0.3) is 5.91 Å². The maximum atomic E-state index is 12.1. The molecule has 2 aromatic rings. The van der Waals surface area contributed by atoms with Crippen LogP contribution in [-0.4, -0.2) is 30.4 Å². The van der Waals surface area contributed by atoms with E-state index in [4.69, 9.17) is 4.42 Å². The third-order valence-electron chi connectivity index (χ3n) is 3.68. The van der Waals surface area contributed by atoms with Crippen LogP contribution in [0.1, 0.15) is 35.8 Å². The predicted molar refractivity (Wildman–Crippen MR) is 83.1 cm³/mol. The minimum absolute atomic E-state index is 0.100. The summed E-state index contributed by atoms with van der Waals surface area (Å²) in [5, 5.41) is 2.99. The maximum absolute atomic E-state index is 12.1. The van der Waals surface area contributed by atoms with E-state index >= 15 is 0 Å². The lowest BCUT2D eigenvalue weighted by atomic mass is 10.0. The van der Waals surface area contributed by atoms with Crippen LogP contribution < -0.4 is 5.32 Å². The molecule has 0 aliphatic carbocycles. The van der Waals surface area contributed by atoms with Gasteiger partial charge in [0.2, 0.25) is 0 Å². The van der Waals surface area contributed by atoms with Crippen molar-refractivity contribution in [1.29, 1.82) is 0 Å². The molecule has 0 spiro atoms. The van der Waals surface area contributed by atoms with Crippen molar-refractivity contribution in [2.24, 2.45) is 0 Å². The van der Waals surface area contributed by atoms with Crippen LogP contribution in [0.5, 0.6) is 0 Å². The first-order valence-electron chi connectivity index (χ1n) is 7.35. The fraction of sp³-hybridized carbons (Fsp3) is 0.353. The minimum Gasteiger partial charge on any atom is -0.472 e. The van der Waals surface area contributed by atoms with Crippen molar-refractivity contribution in [2.75, 3.05) is 19.6 Å². The van der Waals surface area contributed by atoms with Crippen LogP contribution in [-0.2, 0) is 0 Å². The van der Waals surface area contributed by atoms with Crippen LogP contribution in [0.15, 0.2) is 53.3 Å². The average molecular weight is 286 g/mol. The highest BCUT2D eigenvalue weighted by molar-refractivity contribution is 5.93. The lowest BCUT2D eigenvalue weighted by molar-refractivity contribution is 0.0934. The van der Waals surface area contributed by atoms with E-state index in [-0.39, 0.29) is 11.9 Å². The molecular weight excluding hydrogens is 264 g/mol. The highest BCUT2D eigenvalue weighted by atomic mass is 16.3. The van der Waals surface area contributed by atoms with E-state index in [2.05, 4.69) is 36.2 Å². The summed E-state index contributed by atoms with van der Waals surface area (Å²) in [5.74, 6) is -0.100. The third kappa shape index (κ3) is 3.95. The molecule has 0 radical (unpaired) electrons. The molecule has 1 heterocycles. The highest BCUT2D eigenvalue weighted by Crippen LogP contribution is 2.19. The number of hydrogen-bond acceptors (Lipinski definition) is 3. The smallest absolute Gasteiger partial charge is 0.254 e. The molecule has 21 heavy (non-hydrogen) atoms. The number of hydrogen-bond donors (Lipinski definition) is 1. The van der Waals surface area contributed by atoms with E-state index in [1.54, 1.807) is 6.07 Å². The van der Waals surface area contributed by atoms with Gasteiger partial charge < -0.3 is 9.73 Å². The fourth-order valence-corrected chi connectivity index (χ4v) is 2.48. The molecule has 0 fully saturated rings. The Hall–Kier alpha value is -2.07. The molecule has 112 valence electrons. The molecule has 1 amide bonds. The van der Waals surface area contributed by atoms with Gasteiger partial charge in [0, 0.05) is 6.54 Å². The van der Waals surface area contributed by atoms with Crippen molar-refractivity contribution in [3.05, 3.63) is 60.1 Å². The summed E-state index contributed by atoms with van der Waals surface area (Å²) in [4.78, 5) is 14.4. The second-order valence-electron chi connectivity index (χ2n) is 4.87. The van der Waals surface area contributed by atoms with E-state index in [1.807, 2.05) is 18.2 Å². The van der Waals surface area contributed by atoms with Gasteiger partial charge in [-0.25, -0.2) is 0 Å². The predicted octanol–water partition coefficient (Wildman–Crippen LogP) is 3.09. The summed E-state index contributed by atoms with van der Waals surface area (Å²) < 4.78 is 4.95. The Bertz CT molecular complexity index is 533. The SMILES string of the molecule is CCN(CC)C(CNC(=O)c1ccoc1)c1ccccc1. The molecule has 0 aliphatic rings. The molecule has 4 heteroatoms. The number of benzene rings is 1. The second-order valence-corrected chi connectivity index (χ2v) is 4.87. The van der Waals surface area contributed by atoms with E-state index in [0.717, 1.165) is 13.1 Å². The Morgan fingerprint density at radius 3 is 2.48 bits per heavy atom. The highest BCUT2D eigenvalue weighted by Gasteiger charge is 2.19. The van der Waals surface area contributed by atoms with Crippen molar-refractivity contribution in [2.45, 2.75) is 19.9 Å². The van der Waals surface area contributed by atoms with Gasteiger partial charge in [0.1, 0.15) is 6.26 Å². The van der Waals surface area contributed by atoms with E-state index in [1.165, 1.54) is 18.1 Å². The zero-order valence-electron chi connectivity index (χ0n) is 12.6. The van der Waals surface area contributed by atoms with Gasteiger partial charge >= 0.3 is 0 Å². The van der Waals surface area contributed by atoms with Gasteiger partial charge in [-0.05, 0) is 24.7 Å². The summed E-state index contributed by atoms with van der Waals surface area (Å²) in [6.07, 6.45) is 2.97. The van der Waals surface area contributed by atoms with Crippen molar-refractivity contribution in [1.82, 2.24) is 10.2 Å². The van der Waals surface area contributed by atoms with Crippen LogP contribution in [0.3, 0.4) is 0 Å². The fourth-order valence-electron chi connectivity index (χ4n) is 2.48. The zero-order valence-corrected chi connectivity index (χ0v) is 12.6. The maximum Gasteiger partial charge on any atom is 0.254 e. The lowest BCUT2D eigenvalue weighted by Crippen LogP contribution is -2.38. The van der Waals surface area contributed by atoms with Gasteiger partial charge in [-0.15, -0.1) is 0 Å². The normalized spacial score (nSPS) is 12.3. The summed E-state index contributed by atoms with van der Waals surface area (Å²) in [5.41, 5.74) is 1.77. The van der Waals surface area contributed by atoms with E-state index < -0.39 is 0 Å². The molecule has 0 saturated heterocycles. The molecule has 1 unspecified atom stereocenters. The summed E-state index contributed by atoms with van der Waals surface area (Å²) >= 11 is 0. The number of likely N-dealkylation sites (N-methyl/N-ethyl adjacent to an activating group) is 1. The average Bonchev–Trinajstić information content (AvgIpc) is 3.06. The first-order chi connectivity index (χ1) is 10.3. The summed E-state index contributed by atoms with van der Waals surface area (Å²) in [6, 6.07) is 12.1. The molecule has 1 atom stereocenters. The standard InChI is InChI=1S/C17H22N2O2/c1-3-19(4-2)16(14-8-6-5-7-9-14)12-18-17(20)15-10-11-21-13-15/h5-11,13,16H,3-4,12H2,1-2H3,(H,18,20). The zero-order chi connectivity index (χ0) is 15.1. The number of rotatable bonds is 7. The number of amides is 1. The first kappa shape index (κ1) is 15.3. The number of nitrogens with one attached hydrogen (secondary N) is 1. The van der Waals surface area contributed by atoms with Crippen LogP contribution in [0.4, 0.5) is 0 Å². The Kier molecular flexibility index (Phi) is 5.58. The molecule has 0 bridgehead atoms. The lowest BCUT2D eigenvalue weighted by Gasteiger charge is -2.30. The first-order valence-corrected chi connectivity index (χ1v) is 7.35. The Morgan fingerprint density at radius 1 is 1.19 bits per heavy atom. The minimum atomic E-state index is -0.100. The van der Waals surface area contributed by atoms with Gasteiger partial charge in [0.15, 0.2) is 0 Å². The van der Waals surface area contributed by atoms with Gasteiger partial charge in [-0.2, -0.15) is 0 Å².